The fourth-order valence-corrected chi connectivity index (χ4v) is 0.826. The van der Waals surface area contributed by atoms with Crippen molar-refractivity contribution in [1.82, 2.24) is 9.78 Å². The highest BCUT2D eigenvalue weighted by Crippen LogP contribution is 2.03. The molecule has 0 N–H and O–H groups in total. The highest BCUT2D eigenvalue weighted by molar-refractivity contribution is 5.45. The molecule has 2 heteroatoms. The van der Waals surface area contributed by atoms with E-state index in [2.05, 4.69) is 11.7 Å². The molecule has 0 fully saturated rings. The first-order chi connectivity index (χ1) is 4.24. The lowest BCUT2D eigenvalue weighted by atomic mass is 10.3. The van der Waals surface area contributed by atoms with Crippen molar-refractivity contribution in [3.05, 3.63) is 24.0 Å². The van der Waals surface area contributed by atoms with Crippen LogP contribution in [-0.4, -0.2) is 9.78 Å². The van der Waals surface area contributed by atoms with E-state index in [1.807, 2.05) is 20.2 Å². The van der Waals surface area contributed by atoms with E-state index in [1.54, 1.807) is 10.8 Å². The van der Waals surface area contributed by atoms with Gasteiger partial charge < -0.3 is 0 Å². The van der Waals surface area contributed by atoms with E-state index in [1.165, 1.54) is 5.56 Å². The van der Waals surface area contributed by atoms with Crippen LogP contribution >= 0.6 is 0 Å². The Morgan fingerprint density at radius 3 is 2.67 bits per heavy atom. The van der Waals surface area contributed by atoms with Gasteiger partial charge in [0.2, 0.25) is 0 Å². The van der Waals surface area contributed by atoms with Crippen molar-refractivity contribution in [3.8, 4) is 0 Å². The predicted molar refractivity (Wildman–Crippen MR) is 38.0 cm³/mol. The van der Waals surface area contributed by atoms with Gasteiger partial charge in [-0.1, -0.05) is 6.58 Å². The van der Waals surface area contributed by atoms with Gasteiger partial charge in [-0.25, -0.2) is 0 Å². The van der Waals surface area contributed by atoms with Crippen LogP contribution in [0.15, 0.2) is 12.8 Å². The largest absolute Gasteiger partial charge is 0.275 e. The van der Waals surface area contributed by atoms with Crippen molar-refractivity contribution in [1.29, 1.82) is 0 Å². The van der Waals surface area contributed by atoms with E-state index >= 15 is 0 Å². The fourth-order valence-electron chi connectivity index (χ4n) is 0.826. The average molecular weight is 122 g/mol. The Labute approximate surface area is 54.8 Å². The van der Waals surface area contributed by atoms with Crippen molar-refractivity contribution in [3.63, 3.8) is 0 Å². The van der Waals surface area contributed by atoms with Gasteiger partial charge in [-0.2, -0.15) is 5.10 Å². The summed E-state index contributed by atoms with van der Waals surface area (Å²) in [7, 11) is 1.90. The van der Waals surface area contributed by atoms with Crippen LogP contribution in [-0.2, 0) is 7.05 Å². The molecule has 1 heterocycles. The molecular formula is C7H10N2. The van der Waals surface area contributed by atoms with E-state index in [4.69, 9.17) is 0 Å². The molecule has 0 aliphatic rings. The summed E-state index contributed by atoms with van der Waals surface area (Å²) in [6.45, 7) is 5.65. The Morgan fingerprint density at radius 2 is 2.44 bits per heavy atom. The molecule has 2 nitrogen and oxygen atoms in total. The third-order valence-electron chi connectivity index (χ3n) is 1.24. The van der Waals surface area contributed by atoms with Crippen molar-refractivity contribution in [2.24, 2.45) is 7.05 Å². The molecule has 1 rings (SSSR count). The van der Waals surface area contributed by atoms with Crippen molar-refractivity contribution >= 4 is 6.08 Å². The molecule has 1 aromatic rings. The Kier molecular flexibility index (Phi) is 1.39. The minimum absolute atomic E-state index is 0.970. The summed E-state index contributed by atoms with van der Waals surface area (Å²) in [5.74, 6) is 0. The maximum Gasteiger partial charge on any atom is 0.0874 e. The summed E-state index contributed by atoms with van der Waals surface area (Å²) in [5, 5.41) is 4.13. The summed E-state index contributed by atoms with van der Waals surface area (Å²) in [4.78, 5) is 0. The molecule has 0 amide bonds. The highest BCUT2D eigenvalue weighted by Gasteiger charge is 1.95. The monoisotopic (exact) mass is 122 g/mol. The van der Waals surface area contributed by atoms with Gasteiger partial charge in [0.05, 0.1) is 5.69 Å². The number of rotatable bonds is 1. The zero-order valence-corrected chi connectivity index (χ0v) is 5.76. The second kappa shape index (κ2) is 2.05. The molecule has 0 aliphatic heterocycles. The Morgan fingerprint density at radius 1 is 1.78 bits per heavy atom. The quantitative estimate of drug-likeness (QED) is 0.550. The maximum absolute atomic E-state index is 4.13. The van der Waals surface area contributed by atoms with Gasteiger partial charge in [-0.3, -0.25) is 4.68 Å². The van der Waals surface area contributed by atoms with E-state index in [9.17, 15) is 0 Å². The molecule has 0 aliphatic carbocycles. The molecule has 0 atom stereocenters. The maximum atomic E-state index is 4.13. The highest BCUT2D eigenvalue weighted by atomic mass is 15.2. The Bertz CT molecular complexity index is 223. The van der Waals surface area contributed by atoms with Crippen LogP contribution in [0.3, 0.4) is 0 Å². The third-order valence-corrected chi connectivity index (χ3v) is 1.24. The van der Waals surface area contributed by atoms with E-state index in [0.717, 1.165) is 5.69 Å². The zero-order valence-electron chi connectivity index (χ0n) is 5.76. The van der Waals surface area contributed by atoms with Crippen LogP contribution in [0.5, 0.6) is 0 Å². The van der Waals surface area contributed by atoms with Crippen molar-refractivity contribution < 1.29 is 0 Å². The summed E-state index contributed by atoms with van der Waals surface area (Å²) in [6, 6.07) is 0. The molecule has 0 radical (unpaired) electrons. The SMILES string of the molecule is C=Cc1nn(C)cc1C. The van der Waals surface area contributed by atoms with Crippen LogP contribution in [0.1, 0.15) is 11.3 Å². The molecule has 9 heavy (non-hydrogen) atoms. The molecular weight excluding hydrogens is 112 g/mol. The van der Waals surface area contributed by atoms with Crippen LogP contribution in [0.25, 0.3) is 6.08 Å². The molecule has 0 saturated heterocycles. The second-order valence-corrected chi connectivity index (χ2v) is 2.08. The predicted octanol–water partition coefficient (Wildman–Crippen LogP) is 1.37. The van der Waals surface area contributed by atoms with E-state index in [-0.39, 0.29) is 0 Å². The summed E-state index contributed by atoms with van der Waals surface area (Å²) in [5.41, 5.74) is 2.14. The average Bonchev–Trinajstić information content (AvgIpc) is 2.10. The van der Waals surface area contributed by atoms with Gasteiger partial charge in [-0.15, -0.1) is 0 Å². The number of nitrogens with zero attached hydrogens (tertiary/aromatic N) is 2. The lowest BCUT2D eigenvalue weighted by Crippen LogP contribution is -1.86. The smallest absolute Gasteiger partial charge is 0.0874 e. The van der Waals surface area contributed by atoms with Crippen LogP contribution in [0.2, 0.25) is 0 Å². The molecule has 48 valence electrons. The minimum atomic E-state index is 0.970. The van der Waals surface area contributed by atoms with Gasteiger partial charge in [0.1, 0.15) is 0 Å². The molecule has 0 unspecified atom stereocenters. The van der Waals surface area contributed by atoms with Crippen LogP contribution < -0.4 is 0 Å². The van der Waals surface area contributed by atoms with Crippen LogP contribution in [0, 0.1) is 6.92 Å². The first-order valence-corrected chi connectivity index (χ1v) is 2.86. The number of aryl methyl sites for hydroxylation is 2. The summed E-state index contributed by atoms with van der Waals surface area (Å²) in [6.07, 6.45) is 3.73. The van der Waals surface area contributed by atoms with Gasteiger partial charge in [0.25, 0.3) is 0 Å². The van der Waals surface area contributed by atoms with E-state index < -0.39 is 0 Å². The van der Waals surface area contributed by atoms with Crippen molar-refractivity contribution in [2.75, 3.05) is 0 Å². The minimum Gasteiger partial charge on any atom is -0.275 e. The lowest BCUT2D eigenvalue weighted by Gasteiger charge is -1.81. The summed E-state index contributed by atoms with van der Waals surface area (Å²) < 4.78 is 1.78. The third kappa shape index (κ3) is 1.02. The molecule has 0 saturated carbocycles. The molecule has 1 aromatic heterocycles. The molecule has 0 aromatic carbocycles. The van der Waals surface area contributed by atoms with Gasteiger partial charge in [0.15, 0.2) is 0 Å². The Hall–Kier alpha value is -1.05. The first-order valence-electron chi connectivity index (χ1n) is 2.86. The topological polar surface area (TPSA) is 17.8 Å². The van der Waals surface area contributed by atoms with Crippen molar-refractivity contribution in [2.45, 2.75) is 6.92 Å². The normalized spacial score (nSPS) is 9.56. The number of hydrogen-bond donors (Lipinski definition) is 0. The standard InChI is InChI=1S/C7H10N2/c1-4-7-6(2)5-9(3)8-7/h4-5H,1H2,2-3H3. The zero-order chi connectivity index (χ0) is 6.85. The number of hydrogen-bond acceptors (Lipinski definition) is 1. The second-order valence-electron chi connectivity index (χ2n) is 2.08. The fraction of sp³-hybridized carbons (Fsp3) is 0.286. The first kappa shape index (κ1) is 6.08. The van der Waals surface area contributed by atoms with Crippen LogP contribution in [0.4, 0.5) is 0 Å². The van der Waals surface area contributed by atoms with Gasteiger partial charge in [-0.05, 0) is 18.6 Å². The number of aromatic nitrogens is 2. The Balaban J connectivity index is 3.15. The van der Waals surface area contributed by atoms with Gasteiger partial charge in [0, 0.05) is 13.2 Å². The molecule has 0 bridgehead atoms. The molecule has 0 spiro atoms. The van der Waals surface area contributed by atoms with E-state index in [0.29, 0.717) is 0 Å². The van der Waals surface area contributed by atoms with Gasteiger partial charge >= 0.3 is 0 Å². The lowest BCUT2D eigenvalue weighted by molar-refractivity contribution is 0.764. The summed E-state index contributed by atoms with van der Waals surface area (Å²) >= 11 is 0.